The molecule has 0 bridgehead atoms. The molecule has 0 unspecified atom stereocenters. The lowest BCUT2D eigenvalue weighted by Gasteiger charge is -2.08. The molecule has 0 spiro atoms. The highest BCUT2D eigenvalue weighted by atomic mass is 16.6. The van der Waals surface area contributed by atoms with Crippen molar-refractivity contribution in [3.8, 4) is 11.5 Å². The zero-order valence-electron chi connectivity index (χ0n) is 19.7. The number of carbonyl (C=O) groups is 2. The van der Waals surface area contributed by atoms with Gasteiger partial charge in [-0.3, -0.25) is 9.59 Å². The van der Waals surface area contributed by atoms with E-state index in [1.165, 1.54) is 0 Å². The van der Waals surface area contributed by atoms with Crippen molar-refractivity contribution in [2.24, 2.45) is 0 Å². The summed E-state index contributed by atoms with van der Waals surface area (Å²) in [6, 6.07) is 14.5. The van der Waals surface area contributed by atoms with Gasteiger partial charge in [-0.1, -0.05) is 0 Å². The van der Waals surface area contributed by atoms with Crippen molar-refractivity contribution in [2.75, 3.05) is 37.9 Å². The van der Waals surface area contributed by atoms with E-state index in [4.69, 9.17) is 30.4 Å². The predicted molar refractivity (Wildman–Crippen MR) is 132 cm³/mol. The number of hydrogen-bond acceptors (Lipinski definition) is 8. The summed E-state index contributed by atoms with van der Waals surface area (Å²) < 4.78 is 21.4. The second-order valence-corrected chi connectivity index (χ2v) is 7.90. The SMILES string of the molecule is Nc1ccc(OCCCCCC(=O)OCCOC(=O)CCCCCOc2ccc(N)cc2)cc1. The number of nitrogen functional groups attached to an aromatic ring is 2. The Bertz CT molecular complexity index is 768. The number of carbonyl (C=O) groups excluding carboxylic acids is 2. The summed E-state index contributed by atoms with van der Waals surface area (Å²) in [6.45, 7) is 1.34. The highest BCUT2D eigenvalue weighted by Crippen LogP contribution is 2.15. The van der Waals surface area contributed by atoms with Gasteiger partial charge >= 0.3 is 11.9 Å². The zero-order chi connectivity index (χ0) is 24.4. The molecular formula is C26H36N2O6. The Morgan fingerprint density at radius 2 is 0.912 bits per heavy atom. The molecule has 0 atom stereocenters. The van der Waals surface area contributed by atoms with Crippen LogP contribution in [0.15, 0.2) is 48.5 Å². The molecule has 0 amide bonds. The number of rotatable bonds is 17. The van der Waals surface area contributed by atoms with Crippen LogP contribution in [-0.2, 0) is 19.1 Å². The fourth-order valence-corrected chi connectivity index (χ4v) is 3.06. The van der Waals surface area contributed by atoms with Crippen molar-refractivity contribution in [2.45, 2.75) is 51.4 Å². The molecular weight excluding hydrogens is 436 g/mol. The van der Waals surface area contributed by atoms with Crippen molar-refractivity contribution in [1.29, 1.82) is 0 Å². The van der Waals surface area contributed by atoms with Crippen LogP contribution in [0.3, 0.4) is 0 Å². The molecule has 0 aliphatic carbocycles. The molecule has 0 saturated heterocycles. The summed E-state index contributed by atoms with van der Waals surface area (Å²) in [5.74, 6) is 1.01. The minimum atomic E-state index is -0.281. The van der Waals surface area contributed by atoms with Crippen LogP contribution in [-0.4, -0.2) is 38.4 Å². The predicted octanol–water partition coefficient (Wildman–Crippen LogP) is 4.52. The number of ether oxygens (including phenoxy) is 4. The van der Waals surface area contributed by atoms with Crippen LogP contribution in [0.5, 0.6) is 11.5 Å². The summed E-state index contributed by atoms with van der Waals surface area (Å²) in [4.78, 5) is 23.5. The van der Waals surface area contributed by atoms with Crippen molar-refractivity contribution < 1.29 is 28.5 Å². The van der Waals surface area contributed by atoms with Gasteiger partial charge < -0.3 is 30.4 Å². The third-order valence-electron chi connectivity index (χ3n) is 4.96. The van der Waals surface area contributed by atoms with E-state index >= 15 is 0 Å². The third kappa shape index (κ3) is 12.6. The van der Waals surface area contributed by atoms with E-state index in [1.54, 1.807) is 24.3 Å². The van der Waals surface area contributed by atoms with Crippen LogP contribution in [0.1, 0.15) is 51.4 Å². The molecule has 186 valence electrons. The Hall–Kier alpha value is -3.42. The van der Waals surface area contributed by atoms with Crippen LogP contribution < -0.4 is 20.9 Å². The van der Waals surface area contributed by atoms with E-state index in [-0.39, 0.29) is 25.2 Å². The highest BCUT2D eigenvalue weighted by molar-refractivity contribution is 5.70. The summed E-state index contributed by atoms with van der Waals surface area (Å²) >= 11 is 0. The van der Waals surface area contributed by atoms with Crippen LogP contribution in [0.2, 0.25) is 0 Å². The van der Waals surface area contributed by atoms with Crippen molar-refractivity contribution in [1.82, 2.24) is 0 Å². The van der Waals surface area contributed by atoms with Crippen LogP contribution >= 0.6 is 0 Å². The second-order valence-electron chi connectivity index (χ2n) is 7.90. The smallest absolute Gasteiger partial charge is 0.305 e. The Labute approximate surface area is 201 Å². The fourth-order valence-electron chi connectivity index (χ4n) is 3.06. The normalized spacial score (nSPS) is 10.5. The first-order valence-corrected chi connectivity index (χ1v) is 11.8. The first kappa shape index (κ1) is 26.8. The number of esters is 2. The summed E-state index contributed by atoms with van der Waals surface area (Å²) in [5, 5.41) is 0. The lowest BCUT2D eigenvalue weighted by atomic mass is 10.2. The molecule has 0 fully saturated rings. The molecule has 0 saturated carbocycles. The molecule has 0 aromatic heterocycles. The lowest BCUT2D eigenvalue weighted by Crippen LogP contribution is -2.13. The van der Waals surface area contributed by atoms with E-state index in [2.05, 4.69) is 0 Å². The van der Waals surface area contributed by atoms with Crippen molar-refractivity contribution in [3.63, 3.8) is 0 Å². The molecule has 34 heavy (non-hydrogen) atoms. The van der Waals surface area contributed by atoms with E-state index in [0.717, 1.165) is 50.0 Å². The largest absolute Gasteiger partial charge is 0.494 e. The number of benzene rings is 2. The Kier molecular flexibility index (Phi) is 12.8. The Morgan fingerprint density at radius 3 is 1.29 bits per heavy atom. The molecule has 0 heterocycles. The number of unbranched alkanes of at least 4 members (excludes halogenated alkanes) is 4. The number of hydrogen-bond donors (Lipinski definition) is 2. The average molecular weight is 473 g/mol. The van der Waals surface area contributed by atoms with Gasteiger partial charge in [0.15, 0.2) is 0 Å². The molecule has 2 aromatic carbocycles. The standard InChI is InChI=1S/C26H36N2O6/c27-21-9-13-23(14-10-21)31-17-5-1-3-7-25(29)33-19-20-34-26(30)8-4-2-6-18-32-24-15-11-22(28)12-16-24/h9-16H,1-8,17-20,27-28H2. The minimum Gasteiger partial charge on any atom is -0.494 e. The van der Waals surface area contributed by atoms with Crippen molar-refractivity contribution >= 4 is 23.3 Å². The zero-order valence-corrected chi connectivity index (χ0v) is 19.7. The quantitative estimate of drug-likeness (QED) is 0.196. The van der Waals surface area contributed by atoms with Crippen LogP contribution in [0, 0.1) is 0 Å². The number of nitrogens with two attached hydrogens (primary N) is 2. The molecule has 0 radical (unpaired) electrons. The molecule has 8 nitrogen and oxygen atoms in total. The van der Waals surface area contributed by atoms with Crippen LogP contribution in [0.25, 0.3) is 0 Å². The lowest BCUT2D eigenvalue weighted by molar-refractivity contribution is -0.152. The van der Waals surface area contributed by atoms with Gasteiger partial charge in [-0.2, -0.15) is 0 Å². The highest BCUT2D eigenvalue weighted by Gasteiger charge is 2.06. The van der Waals surface area contributed by atoms with Crippen molar-refractivity contribution in [3.05, 3.63) is 48.5 Å². The number of anilines is 2. The topological polar surface area (TPSA) is 123 Å². The van der Waals surface area contributed by atoms with Gasteiger partial charge in [0, 0.05) is 24.2 Å². The average Bonchev–Trinajstić information content (AvgIpc) is 2.83. The van der Waals surface area contributed by atoms with Gasteiger partial charge in [0.25, 0.3) is 0 Å². The first-order chi connectivity index (χ1) is 16.5. The Morgan fingerprint density at radius 1 is 0.529 bits per heavy atom. The fraction of sp³-hybridized carbons (Fsp3) is 0.462. The summed E-state index contributed by atoms with van der Waals surface area (Å²) in [7, 11) is 0. The first-order valence-electron chi connectivity index (χ1n) is 11.8. The van der Waals surface area contributed by atoms with Gasteiger partial charge in [0.1, 0.15) is 24.7 Å². The van der Waals surface area contributed by atoms with Gasteiger partial charge in [-0.15, -0.1) is 0 Å². The van der Waals surface area contributed by atoms with E-state index in [0.29, 0.717) is 37.4 Å². The van der Waals surface area contributed by atoms with E-state index in [1.807, 2.05) is 24.3 Å². The van der Waals surface area contributed by atoms with E-state index < -0.39 is 0 Å². The van der Waals surface area contributed by atoms with Crippen LogP contribution in [0.4, 0.5) is 11.4 Å². The molecule has 0 aliphatic heterocycles. The molecule has 2 rings (SSSR count). The van der Waals surface area contributed by atoms with Gasteiger partial charge in [-0.05, 0) is 87.1 Å². The van der Waals surface area contributed by atoms with Gasteiger partial charge in [-0.25, -0.2) is 0 Å². The maximum Gasteiger partial charge on any atom is 0.305 e. The summed E-state index contributed by atoms with van der Waals surface area (Å²) in [6.07, 6.45) is 5.57. The maximum absolute atomic E-state index is 11.7. The molecule has 4 N–H and O–H groups in total. The Balaban J connectivity index is 1.35. The third-order valence-corrected chi connectivity index (χ3v) is 4.96. The van der Waals surface area contributed by atoms with Gasteiger partial charge in [0.05, 0.1) is 13.2 Å². The summed E-state index contributed by atoms with van der Waals surface area (Å²) in [5.41, 5.74) is 12.7. The van der Waals surface area contributed by atoms with E-state index in [9.17, 15) is 9.59 Å². The maximum atomic E-state index is 11.7. The molecule has 8 heteroatoms. The minimum absolute atomic E-state index is 0.0836. The van der Waals surface area contributed by atoms with Gasteiger partial charge in [0.2, 0.25) is 0 Å². The molecule has 0 aliphatic rings. The second kappa shape index (κ2) is 16.2. The monoisotopic (exact) mass is 472 g/mol. The molecule has 2 aromatic rings.